The first-order valence-electron chi connectivity index (χ1n) is 12.0. The van der Waals surface area contributed by atoms with E-state index < -0.39 is 11.9 Å². The van der Waals surface area contributed by atoms with Crippen LogP contribution in [-0.2, 0) is 28.4 Å². The molecule has 0 saturated carbocycles. The van der Waals surface area contributed by atoms with Crippen molar-refractivity contribution in [2.75, 3.05) is 82.9 Å². The highest BCUT2D eigenvalue weighted by Crippen LogP contribution is 2.18. The summed E-state index contributed by atoms with van der Waals surface area (Å²) in [5, 5.41) is 0. The molecule has 0 aromatic carbocycles. The molecule has 0 radical (unpaired) electrons. The SMILES string of the molecule is COC(CCN(C)CCCCCCCCCCN(C)CCC(OC)(OC)OC)(OC)OC. The van der Waals surface area contributed by atoms with Crippen LogP contribution in [0.1, 0.15) is 64.2 Å². The Kier molecular flexibility index (Phi) is 18.8. The molecule has 0 saturated heterocycles. The fourth-order valence-electron chi connectivity index (χ4n) is 3.82. The Labute approximate surface area is 197 Å². The molecule has 8 heteroatoms. The summed E-state index contributed by atoms with van der Waals surface area (Å²) in [4.78, 5) is 4.64. The third-order valence-electron chi connectivity index (χ3n) is 6.30. The molecule has 0 bridgehead atoms. The van der Waals surface area contributed by atoms with Gasteiger partial charge in [-0.25, -0.2) is 0 Å². The molecule has 8 nitrogen and oxygen atoms in total. The van der Waals surface area contributed by atoms with Gasteiger partial charge in [-0.3, -0.25) is 0 Å². The highest BCUT2D eigenvalue weighted by atomic mass is 16.9. The summed E-state index contributed by atoms with van der Waals surface area (Å²) in [5.74, 6) is -1.85. The van der Waals surface area contributed by atoms with Crippen LogP contribution in [0.15, 0.2) is 0 Å². The van der Waals surface area contributed by atoms with Crippen molar-refractivity contribution >= 4 is 0 Å². The van der Waals surface area contributed by atoms with Gasteiger partial charge in [-0.1, -0.05) is 38.5 Å². The third-order valence-corrected chi connectivity index (χ3v) is 6.30. The number of rotatable bonds is 23. The molecular formula is C24H52N2O6. The van der Waals surface area contributed by atoms with Crippen LogP contribution in [0.5, 0.6) is 0 Å². The second kappa shape index (κ2) is 19.0. The summed E-state index contributed by atoms with van der Waals surface area (Å²) >= 11 is 0. The van der Waals surface area contributed by atoms with E-state index in [9.17, 15) is 0 Å². The van der Waals surface area contributed by atoms with E-state index in [1.54, 1.807) is 42.7 Å². The Morgan fingerprint density at radius 1 is 0.406 bits per heavy atom. The van der Waals surface area contributed by atoms with Gasteiger partial charge < -0.3 is 38.2 Å². The molecule has 0 aromatic heterocycles. The second-order valence-electron chi connectivity index (χ2n) is 8.53. The van der Waals surface area contributed by atoms with Crippen LogP contribution in [0.4, 0.5) is 0 Å². The van der Waals surface area contributed by atoms with E-state index >= 15 is 0 Å². The lowest BCUT2D eigenvalue weighted by Gasteiger charge is -2.30. The minimum atomic E-state index is -0.925. The van der Waals surface area contributed by atoms with Crippen LogP contribution in [0.3, 0.4) is 0 Å². The molecular weight excluding hydrogens is 412 g/mol. The van der Waals surface area contributed by atoms with Gasteiger partial charge in [-0.05, 0) is 40.0 Å². The minimum Gasteiger partial charge on any atom is -0.331 e. The summed E-state index contributed by atoms with van der Waals surface area (Å²) < 4.78 is 32.1. The highest BCUT2D eigenvalue weighted by molar-refractivity contribution is 4.62. The van der Waals surface area contributed by atoms with Crippen LogP contribution in [0.25, 0.3) is 0 Å². The van der Waals surface area contributed by atoms with Crippen molar-refractivity contribution in [3.8, 4) is 0 Å². The van der Waals surface area contributed by atoms with Crippen LogP contribution >= 0.6 is 0 Å². The van der Waals surface area contributed by atoms with E-state index in [1.807, 2.05) is 0 Å². The number of hydrogen-bond acceptors (Lipinski definition) is 8. The number of methoxy groups -OCH3 is 6. The van der Waals surface area contributed by atoms with Crippen LogP contribution < -0.4 is 0 Å². The van der Waals surface area contributed by atoms with E-state index in [2.05, 4.69) is 23.9 Å². The number of hydrogen-bond donors (Lipinski definition) is 0. The monoisotopic (exact) mass is 464 g/mol. The Hall–Kier alpha value is -0.320. The Morgan fingerprint density at radius 3 is 0.906 bits per heavy atom. The van der Waals surface area contributed by atoms with Crippen LogP contribution in [0, 0.1) is 0 Å². The molecule has 0 spiro atoms. The first kappa shape index (κ1) is 31.7. The summed E-state index contributed by atoms with van der Waals surface area (Å²) in [6.45, 7) is 3.95. The van der Waals surface area contributed by atoms with E-state index in [4.69, 9.17) is 28.4 Å². The standard InChI is InChI=1S/C24H52N2O6/c1-25(21-17-23(27-3,28-4)29-5)19-15-13-11-9-10-12-14-16-20-26(2)22-18-24(30-6,31-7)32-8/h9-22H2,1-8H3. The van der Waals surface area contributed by atoms with Gasteiger partial charge in [0.15, 0.2) is 0 Å². The van der Waals surface area contributed by atoms with Gasteiger partial charge in [-0.2, -0.15) is 0 Å². The van der Waals surface area contributed by atoms with Crippen molar-refractivity contribution in [3.05, 3.63) is 0 Å². The Bertz CT molecular complexity index is 365. The molecule has 0 aliphatic carbocycles. The number of nitrogens with zero attached hydrogens (tertiary/aromatic N) is 2. The third kappa shape index (κ3) is 13.4. The Morgan fingerprint density at radius 2 is 0.656 bits per heavy atom. The lowest BCUT2D eigenvalue weighted by molar-refractivity contribution is -0.355. The molecule has 0 fully saturated rings. The van der Waals surface area contributed by atoms with E-state index in [1.165, 1.54) is 51.4 Å². The van der Waals surface area contributed by atoms with E-state index in [-0.39, 0.29) is 0 Å². The van der Waals surface area contributed by atoms with Gasteiger partial charge in [0.25, 0.3) is 11.9 Å². The molecule has 0 N–H and O–H groups in total. The van der Waals surface area contributed by atoms with Gasteiger partial charge in [0, 0.05) is 68.6 Å². The maximum Gasteiger partial charge on any atom is 0.283 e. The van der Waals surface area contributed by atoms with E-state index in [0.29, 0.717) is 12.8 Å². The summed E-state index contributed by atoms with van der Waals surface area (Å²) in [6.07, 6.45) is 11.7. The zero-order valence-corrected chi connectivity index (χ0v) is 22.2. The van der Waals surface area contributed by atoms with Gasteiger partial charge in [0.2, 0.25) is 0 Å². The first-order chi connectivity index (χ1) is 15.4. The average molecular weight is 465 g/mol. The average Bonchev–Trinajstić information content (AvgIpc) is 2.82. The fourth-order valence-corrected chi connectivity index (χ4v) is 3.82. The summed E-state index contributed by atoms with van der Waals surface area (Å²) in [6, 6.07) is 0. The van der Waals surface area contributed by atoms with Crippen LogP contribution in [-0.4, -0.2) is 105 Å². The molecule has 0 aromatic rings. The predicted molar refractivity (Wildman–Crippen MR) is 129 cm³/mol. The zero-order chi connectivity index (χ0) is 24.3. The molecule has 0 aliphatic rings. The topological polar surface area (TPSA) is 61.9 Å². The van der Waals surface area contributed by atoms with Crippen molar-refractivity contribution in [2.24, 2.45) is 0 Å². The van der Waals surface area contributed by atoms with Gasteiger partial charge in [0.05, 0.1) is 0 Å². The molecule has 0 atom stereocenters. The summed E-state index contributed by atoms with van der Waals surface area (Å²) in [7, 11) is 14.0. The molecule has 0 rings (SSSR count). The Balaban J connectivity index is 3.63. The van der Waals surface area contributed by atoms with Gasteiger partial charge in [0.1, 0.15) is 0 Å². The number of ether oxygens (including phenoxy) is 6. The molecule has 0 heterocycles. The second-order valence-corrected chi connectivity index (χ2v) is 8.53. The highest BCUT2D eigenvalue weighted by Gasteiger charge is 2.30. The minimum absolute atomic E-state index is 0.689. The normalized spacial score (nSPS) is 12.9. The van der Waals surface area contributed by atoms with E-state index in [0.717, 1.165) is 26.2 Å². The zero-order valence-electron chi connectivity index (χ0n) is 22.2. The van der Waals surface area contributed by atoms with Crippen molar-refractivity contribution in [2.45, 2.75) is 76.2 Å². The lowest BCUT2D eigenvalue weighted by atomic mass is 10.1. The fraction of sp³-hybridized carbons (Fsp3) is 1.00. The molecule has 0 amide bonds. The van der Waals surface area contributed by atoms with Crippen molar-refractivity contribution < 1.29 is 28.4 Å². The molecule has 0 unspecified atom stereocenters. The summed E-state index contributed by atoms with van der Waals surface area (Å²) in [5.41, 5.74) is 0. The smallest absolute Gasteiger partial charge is 0.283 e. The maximum atomic E-state index is 5.35. The quantitative estimate of drug-likeness (QED) is 0.166. The largest absolute Gasteiger partial charge is 0.331 e. The first-order valence-corrected chi connectivity index (χ1v) is 12.0. The predicted octanol–water partition coefficient (Wildman–Crippen LogP) is 3.94. The van der Waals surface area contributed by atoms with Crippen molar-refractivity contribution in [1.29, 1.82) is 0 Å². The van der Waals surface area contributed by atoms with Crippen LogP contribution in [0.2, 0.25) is 0 Å². The lowest BCUT2D eigenvalue weighted by Crippen LogP contribution is -2.39. The van der Waals surface area contributed by atoms with Gasteiger partial charge in [-0.15, -0.1) is 0 Å². The van der Waals surface area contributed by atoms with Crippen molar-refractivity contribution in [1.82, 2.24) is 9.80 Å². The molecule has 0 aliphatic heterocycles. The molecule has 194 valence electrons. The maximum absolute atomic E-state index is 5.35. The van der Waals surface area contributed by atoms with Gasteiger partial charge >= 0.3 is 0 Å². The number of unbranched alkanes of at least 4 members (excludes halogenated alkanes) is 7. The molecule has 32 heavy (non-hydrogen) atoms. The van der Waals surface area contributed by atoms with Crippen molar-refractivity contribution in [3.63, 3.8) is 0 Å².